The van der Waals surface area contributed by atoms with E-state index in [1.165, 1.54) is 0 Å². The Balaban J connectivity index is 2.00. The summed E-state index contributed by atoms with van der Waals surface area (Å²) >= 11 is 0. The molecule has 0 aliphatic carbocycles. The van der Waals surface area contributed by atoms with Gasteiger partial charge in [0, 0.05) is 5.69 Å². The van der Waals surface area contributed by atoms with Gasteiger partial charge in [-0.15, -0.1) is 0 Å². The van der Waals surface area contributed by atoms with Crippen molar-refractivity contribution in [2.24, 2.45) is 0 Å². The lowest BCUT2D eigenvalue weighted by Crippen LogP contribution is -2.34. The number of nitrogens with zero attached hydrogens (tertiary/aromatic N) is 1. The van der Waals surface area contributed by atoms with Crippen LogP contribution >= 0.6 is 0 Å². The fourth-order valence-electron chi connectivity index (χ4n) is 1.72. The van der Waals surface area contributed by atoms with Crippen LogP contribution in [-0.2, 0) is 9.53 Å². The van der Waals surface area contributed by atoms with Crippen LogP contribution in [0.15, 0.2) is 12.1 Å². The number of fused-ring (bicyclic) bond motifs is 1. The molecule has 0 bridgehead atoms. The molecule has 5 nitrogen and oxygen atoms in total. The first-order valence-electron chi connectivity index (χ1n) is 5.71. The second-order valence-electron chi connectivity index (χ2n) is 3.96. The number of pyridine rings is 1. The second-order valence-corrected chi connectivity index (χ2v) is 3.96. The van der Waals surface area contributed by atoms with Crippen molar-refractivity contribution in [1.82, 2.24) is 4.98 Å². The molecule has 1 aromatic rings. The Hall–Kier alpha value is -1.78. The lowest BCUT2D eigenvalue weighted by molar-refractivity contribution is -0.143. The van der Waals surface area contributed by atoms with Gasteiger partial charge in [0.1, 0.15) is 6.61 Å². The molecule has 2 rings (SSSR count). The van der Waals surface area contributed by atoms with Gasteiger partial charge in [0.05, 0.1) is 19.1 Å². The van der Waals surface area contributed by atoms with E-state index >= 15 is 0 Å². The minimum atomic E-state index is -0.218. The Morgan fingerprint density at radius 3 is 3.24 bits per heavy atom. The van der Waals surface area contributed by atoms with Crippen molar-refractivity contribution in [3.8, 4) is 5.75 Å². The molecule has 92 valence electrons. The van der Waals surface area contributed by atoms with Crippen LogP contribution in [0.5, 0.6) is 5.75 Å². The van der Waals surface area contributed by atoms with Gasteiger partial charge >= 0.3 is 5.97 Å². The van der Waals surface area contributed by atoms with E-state index in [2.05, 4.69) is 10.3 Å². The van der Waals surface area contributed by atoms with E-state index in [0.29, 0.717) is 25.5 Å². The zero-order chi connectivity index (χ0) is 12.3. The number of nitrogens with one attached hydrogen (secondary N) is 1. The predicted molar refractivity (Wildman–Crippen MR) is 63.1 cm³/mol. The van der Waals surface area contributed by atoms with Crippen LogP contribution in [0, 0.1) is 6.92 Å². The molecule has 0 spiro atoms. The zero-order valence-electron chi connectivity index (χ0n) is 10.0. The van der Waals surface area contributed by atoms with Crippen molar-refractivity contribution >= 4 is 11.8 Å². The summed E-state index contributed by atoms with van der Waals surface area (Å²) < 4.78 is 10.4. The Kier molecular flexibility index (Phi) is 3.46. The molecule has 0 aromatic carbocycles. The molecule has 1 aliphatic heterocycles. The maximum absolute atomic E-state index is 11.4. The molecule has 1 N–H and O–H groups in total. The summed E-state index contributed by atoms with van der Waals surface area (Å²) in [5.74, 6) is 1.21. The first-order valence-corrected chi connectivity index (χ1v) is 5.71. The minimum absolute atomic E-state index is 0.0733. The third-order valence-electron chi connectivity index (χ3n) is 2.50. The molecule has 0 saturated heterocycles. The quantitative estimate of drug-likeness (QED) is 0.806. The molecule has 0 fully saturated rings. The molecular formula is C12H16N2O3. The molecule has 17 heavy (non-hydrogen) atoms. The van der Waals surface area contributed by atoms with Crippen LogP contribution < -0.4 is 10.1 Å². The number of carbonyl (C=O) groups is 1. The van der Waals surface area contributed by atoms with Gasteiger partial charge in [0.15, 0.2) is 11.6 Å². The SMILES string of the molecule is CCOC(=O)C[C@H]1COc2ccc(C)nc2N1. The van der Waals surface area contributed by atoms with Crippen LogP contribution in [0.2, 0.25) is 0 Å². The summed E-state index contributed by atoms with van der Waals surface area (Å²) in [7, 11) is 0. The molecule has 0 radical (unpaired) electrons. The highest BCUT2D eigenvalue weighted by Crippen LogP contribution is 2.27. The van der Waals surface area contributed by atoms with E-state index in [0.717, 1.165) is 11.4 Å². The molecule has 0 saturated carbocycles. The molecule has 0 amide bonds. The number of anilines is 1. The van der Waals surface area contributed by atoms with Gasteiger partial charge < -0.3 is 14.8 Å². The van der Waals surface area contributed by atoms with Gasteiger partial charge in [0.25, 0.3) is 0 Å². The first-order chi connectivity index (χ1) is 8.19. The Morgan fingerprint density at radius 2 is 2.47 bits per heavy atom. The van der Waals surface area contributed by atoms with E-state index in [9.17, 15) is 4.79 Å². The molecule has 1 aromatic heterocycles. The van der Waals surface area contributed by atoms with E-state index in [-0.39, 0.29) is 12.0 Å². The van der Waals surface area contributed by atoms with Gasteiger partial charge in [-0.3, -0.25) is 4.79 Å². The van der Waals surface area contributed by atoms with Crippen LogP contribution in [-0.4, -0.2) is 30.2 Å². The van der Waals surface area contributed by atoms with Gasteiger partial charge in [-0.2, -0.15) is 0 Å². The molecule has 0 unspecified atom stereocenters. The van der Waals surface area contributed by atoms with Gasteiger partial charge in [0.2, 0.25) is 0 Å². The number of ether oxygens (including phenoxy) is 2. The first kappa shape index (κ1) is 11.7. The van der Waals surface area contributed by atoms with E-state index in [1.807, 2.05) is 19.1 Å². The average molecular weight is 236 g/mol. The molecular weight excluding hydrogens is 220 g/mol. The van der Waals surface area contributed by atoms with Crippen LogP contribution in [0.4, 0.5) is 5.82 Å². The third kappa shape index (κ3) is 2.87. The van der Waals surface area contributed by atoms with Crippen molar-refractivity contribution in [3.63, 3.8) is 0 Å². The Labute approximate surface area is 100 Å². The Morgan fingerprint density at radius 1 is 1.65 bits per heavy atom. The fourth-order valence-corrected chi connectivity index (χ4v) is 1.72. The van der Waals surface area contributed by atoms with E-state index in [1.54, 1.807) is 6.92 Å². The number of aromatic nitrogens is 1. The number of carbonyl (C=O) groups excluding carboxylic acids is 1. The summed E-state index contributed by atoms with van der Waals surface area (Å²) in [5, 5.41) is 3.19. The maximum Gasteiger partial charge on any atom is 0.307 e. The lowest BCUT2D eigenvalue weighted by atomic mass is 10.2. The number of hydrogen-bond donors (Lipinski definition) is 1. The Bertz CT molecular complexity index is 420. The topological polar surface area (TPSA) is 60.5 Å². The molecule has 1 atom stereocenters. The van der Waals surface area contributed by atoms with Crippen LogP contribution in [0.1, 0.15) is 19.0 Å². The molecule has 5 heteroatoms. The van der Waals surface area contributed by atoms with Crippen molar-refractivity contribution in [2.45, 2.75) is 26.3 Å². The largest absolute Gasteiger partial charge is 0.488 e. The standard InChI is InChI=1S/C12H16N2O3/c1-3-16-11(15)6-9-7-17-10-5-4-8(2)13-12(10)14-9/h4-5,9H,3,6-7H2,1-2H3,(H,13,14)/t9-/m0/s1. The van der Waals surface area contributed by atoms with Crippen molar-refractivity contribution in [2.75, 3.05) is 18.5 Å². The fraction of sp³-hybridized carbons (Fsp3) is 0.500. The van der Waals surface area contributed by atoms with Gasteiger partial charge in [-0.05, 0) is 26.0 Å². The van der Waals surface area contributed by atoms with Crippen molar-refractivity contribution in [3.05, 3.63) is 17.8 Å². The van der Waals surface area contributed by atoms with Crippen molar-refractivity contribution in [1.29, 1.82) is 0 Å². The predicted octanol–water partition coefficient (Wildman–Crippen LogP) is 1.52. The average Bonchev–Trinajstić information content (AvgIpc) is 2.28. The highest BCUT2D eigenvalue weighted by atomic mass is 16.5. The van der Waals surface area contributed by atoms with E-state index in [4.69, 9.17) is 9.47 Å². The number of hydrogen-bond acceptors (Lipinski definition) is 5. The van der Waals surface area contributed by atoms with Gasteiger partial charge in [-0.1, -0.05) is 0 Å². The number of aryl methyl sites for hydroxylation is 1. The maximum atomic E-state index is 11.4. The van der Waals surface area contributed by atoms with E-state index < -0.39 is 0 Å². The monoisotopic (exact) mass is 236 g/mol. The summed E-state index contributed by atoms with van der Waals surface area (Å²) in [6.45, 7) is 4.57. The third-order valence-corrected chi connectivity index (χ3v) is 2.50. The zero-order valence-corrected chi connectivity index (χ0v) is 10.0. The summed E-state index contributed by atoms with van der Waals surface area (Å²) in [4.78, 5) is 15.7. The van der Waals surface area contributed by atoms with Crippen molar-refractivity contribution < 1.29 is 14.3 Å². The van der Waals surface area contributed by atoms with Crippen LogP contribution in [0.25, 0.3) is 0 Å². The molecule has 2 heterocycles. The highest BCUT2D eigenvalue weighted by Gasteiger charge is 2.22. The summed E-state index contributed by atoms with van der Waals surface area (Å²) in [5.41, 5.74) is 0.914. The number of esters is 1. The smallest absolute Gasteiger partial charge is 0.307 e. The normalized spacial score (nSPS) is 17.6. The van der Waals surface area contributed by atoms with Gasteiger partial charge in [-0.25, -0.2) is 4.98 Å². The lowest BCUT2D eigenvalue weighted by Gasteiger charge is -2.26. The minimum Gasteiger partial charge on any atom is -0.488 e. The summed E-state index contributed by atoms with van der Waals surface area (Å²) in [6, 6.07) is 3.70. The summed E-state index contributed by atoms with van der Waals surface area (Å²) in [6.07, 6.45) is 0.295. The van der Waals surface area contributed by atoms with Crippen LogP contribution in [0.3, 0.4) is 0 Å². The number of rotatable bonds is 3. The molecule has 1 aliphatic rings. The second kappa shape index (κ2) is 5.03. The highest BCUT2D eigenvalue weighted by molar-refractivity contribution is 5.71.